The van der Waals surface area contributed by atoms with Crippen LogP contribution in [0.5, 0.6) is 0 Å². The van der Waals surface area contributed by atoms with E-state index in [-0.39, 0.29) is 18.2 Å². The van der Waals surface area contributed by atoms with E-state index in [1.54, 1.807) is 17.0 Å². The lowest BCUT2D eigenvalue weighted by molar-refractivity contribution is -0.121. The fourth-order valence-corrected chi connectivity index (χ4v) is 2.71. The minimum absolute atomic E-state index is 0.0702. The van der Waals surface area contributed by atoms with E-state index in [9.17, 15) is 9.59 Å². The zero-order chi connectivity index (χ0) is 18.4. The van der Waals surface area contributed by atoms with Crippen LogP contribution in [0.2, 0.25) is 5.02 Å². The Kier molecular flexibility index (Phi) is 6.59. The molecule has 0 atom stereocenters. The zero-order valence-corrected chi connectivity index (χ0v) is 15.6. The third-order valence-corrected chi connectivity index (χ3v) is 4.46. The molecule has 0 saturated heterocycles. The van der Waals surface area contributed by atoms with Gasteiger partial charge in [-0.15, -0.1) is 0 Å². The molecule has 0 unspecified atom stereocenters. The average molecular weight is 359 g/mol. The highest BCUT2D eigenvalue weighted by atomic mass is 35.5. The number of amides is 2. The topological polar surface area (TPSA) is 49.4 Å². The molecule has 2 aromatic carbocycles. The molecule has 25 heavy (non-hydrogen) atoms. The zero-order valence-electron chi connectivity index (χ0n) is 14.8. The molecule has 0 aliphatic carbocycles. The number of hydrogen-bond donors (Lipinski definition) is 1. The first-order valence-corrected chi connectivity index (χ1v) is 8.61. The predicted molar refractivity (Wildman–Crippen MR) is 102 cm³/mol. The first kappa shape index (κ1) is 19.0. The second-order valence-electron chi connectivity index (χ2n) is 6.04. The van der Waals surface area contributed by atoms with Gasteiger partial charge in [-0.05, 0) is 48.7 Å². The Bertz CT molecular complexity index is 757. The Labute approximate surface area is 153 Å². The number of nitrogens with one attached hydrogen (secondary N) is 1. The molecule has 4 nitrogen and oxygen atoms in total. The molecule has 0 aliphatic rings. The van der Waals surface area contributed by atoms with Crippen molar-refractivity contribution in [1.82, 2.24) is 5.32 Å². The van der Waals surface area contributed by atoms with Crippen LogP contribution in [0.15, 0.2) is 42.5 Å². The van der Waals surface area contributed by atoms with Crippen molar-refractivity contribution in [2.45, 2.75) is 33.7 Å². The standard InChI is InChI=1S/C20H23ClN2O2/c1-14-5-4-6-19(15(14)2)23(16(3)24)12-11-20(25)22-13-17-7-9-18(21)10-8-17/h4-10H,11-13H2,1-3H3,(H,22,25). The summed E-state index contributed by atoms with van der Waals surface area (Å²) in [6.45, 7) is 6.32. The molecule has 0 saturated carbocycles. The monoisotopic (exact) mass is 358 g/mol. The van der Waals surface area contributed by atoms with Crippen LogP contribution in [0.1, 0.15) is 30.0 Å². The molecule has 0 heterocycles. The molecule has 5 heteroatoms. The number of anilines is 1. The molecule has 1 N–H and O–H groups in total. The van der Waals surface area contributed by atoms with E-state index in [1.165, 1.54) is 6.92 Å². The highest BCUT2D eigenvalue weighted by Crippen LogP contribution is 2.23. The summed E-state index contributed by atoms with van der Waals surface area (Å²) in [5, 5.41) is 3.54. The summed E-state index contributed by atoms with van der Waals surface area (Å²) in [6.07, 6.45) is 0.251. The summed E-state index contributed by atoms with van der Waals surface area (Å²) in [5.74, 6) is -0.161. The van der Waals surface area contributed by atoms with Crippen LogP contribution in [-0.4, -0.2) is 18.4 Å². The molecule has 0 aromatic heterocycles. The van der Waals surface area contributed by atoms with Gasteiger partial charge in [-0.3, -0.25) is 9.59 Å². The summed E-state index contributed by atoms with van der Waals surface area (Å²) in [7, 11) is 0. The highest BCUT2D eigenvalue weighted by molar-refractivity contribution is 6.30. The Morgan fingerprint density at radius 3 is 2.40 bits per heavy atom. The smallest absolute Gasteiger partial charge is 0.223 e. The number of hydrogen-bond acceptors (Lipinski definition) is 2. The van der Waals surface area contributed by atoms with Crippen LogP contribution in [0.25, 0.3) is 0 Å². The lowest BCUT2D eigenvalue weighted by atomic mass is 10.1. The van der Waals surface area contributed by atoms with Gasteiger partial charge >= 0.3 is 0 Å². The fraction of sp³-hybridized carbons (Fsp3) is 0.300. The largest absolute Gasteiger partial charge is 0.352 e. The molecule has 0 aliphatic heterocycles. The van der Waals surface area contributed by atoms with Gasteiger partial charge in [0.2, 0.25) is 11.8 Å². The van der Waals surface area contributed by atoms with Crippen LogP contribution in [-0.2, 0) is 16.1 Å². The van der Waals surface area contributed by atoms with Crippen LogP contribution in [0, 0.1) is 13.8 Å². The van der Waals surface area contributed by atoms with Gasteiger partial charge in [0.05, 0.1) is 0 Å². The second kappa shape index (κ2) is 8.67. The maximum absolute atomic E-state index is 12.1. The Morgan fingerprint density at radius 1 is 1.08 bits per heavy atom. The van der Waals surface area contributed by atoms with Gasteiger partial charge in [0.25, 0.3) is 0 Å². The van der Waals surface area contributed by atoms with Crippen molar-refractivity contribution in [3.8, 4) is 0 Å². The van der Waals surface area contributed by atoms with Crippen molar-refractivity contribution >= 4 is 29.1 Å². The maximum Gasteiger partial charge on any atom is 0.223 e. The number of aryl methyl sites for hydroxylation is 1. The van der Waals surface area contributed by atoms with Crippen molar-refractivity contribution in [1.29, 1.82) is 0 Å². The first-order valence-electron chi connectivity index (χ1n) is 8.24. The van der Waals surface area contributed by atoms with E-state index >= 15 is 0 Å². The Morgan fingerprint density at radius 2 is 1.76 bits per heavy atom. The van der Waals surface area contributed by atoms with Crippen LogP contribution >= 0.6 is 11.6 Å². The van der Waals surface area contributed by atoms with E-state index in [0.717, 1.165) is 22.4 Å². The van der Waals surface area contributed by atoms with Gasteiger partial charge < -0.3 is 10.2 Å². The third-order valence-electron chi connectivity index (χ3n) is 4.21. The maximum atomic E-state index is 12.1. The molecular formula is C20H23ClN2O2. The van der Waals surface area contributed by atoms with Crippen molar-refractivity contribution in [3.05, 3.63) is 64.2 Å². The summed E-state index contributed by atoms with van der Waals surface area (Å²) >= 11 is 5.85. The second-order valence-corrected chi connectivity index (χ2v) is 6.48. The minimum atomic E-state index is -0.0912. The quantitative estimate of drug-likeness (QED) is 0.848. The van der Waals surface area contributed by atoms with Gasteiger partial charge in [-0.25, -0.2) is 0 Å². The van der Waals surface area contributed by atoms with Gasteiger partial charge in [0, 0.05) is 37.1 Å². The molecule has 2 amide bonds. The van der Waals surface area contributed by atoms with E-state index in [4.69, 9.17) is 11.6 Å². The van der Waals surface area contributed by atoms with Gasteiger partial charge in [-0.1, -0.05) is 35.9 Å². The molecule has 0 radical (unpaired) electrons. The number of benzene rings is 2. The Balaban J connectivity index is 1.94. The summed E-state index contributed by atoms with van der Waals surface area (Å²) in [5.41, 5.74) is 4.02. The molecule has 0 bridgehead atoms. The molecule has 132 valence electrons. The molecular weight excluding hydrogens is 336 g/mol. The fourth-order valence-electron chi connectivity index (χ4n) is 2.58. The molecule has 0 spiro atoms. The normalized spacial score (nSPS) is 10.4. The molecule has 2 aromatic rings. The number of carbonyl (C=O) groups excluding carboxylic acids is 2. The van der Waals surface area contributed by atoms with Crippen molar-refractivity contribution < 1.29 is 9.59 Å². The summed E-state index contributed by atoms with van der Waals surface area (Å²) in [6, 6.07) is 13.2. The van der Waals surface area contributed by atoms with E-state index in [2.05, 4.69) is 5.32 Å². The molecule has 2 rings (SSSR count). The summed E-state index contributed by atoms with van der Waals surface area (Å²) < 4.78 is 0. The molecule has 0 fully saturated rings. The SMILES string of the molecule is CC(=O)N(CCC(=O)NCc1ccc(Cl)cc1)c1cccc(C)c1C. The van der Waals surface area contributed by atoms with Crippen LogP contribution < -0.4 is 10.2 Å². The average Bonchev–Trinajstić information content (AvgIpc) is 2.58. The number of carbonyl (C=O) groups is 2. The van der Waals surface area contributed by atoms with Crippen LogP contribution in [0.4, 0.5) is 5.69 Å². The minimum Gasteiger partial charge on any atom is -0.352 e. The lowest BCUT2D eigenvalue weighted by Gasteiger charge is -2.23. The number of halogens is 1. The summed E-state index contributed by atoms with van der Waals surface area (Å²) in [4.78, 5) is 25.8. The Hall–Kier alpha value is -2.33. The number of rotatable bonds is 6. The van der Waals surface area contributed by atoms with E-state index in [0.29, 0.717) is 18.1 Å². The first-order chi connectivity index (χ1) is 11.9. The number of nitrogens with zero attached hydrogens (tertiary/aromatic N) is 1. The highest BCUT2D eigenvalue weighted by Gasteiger charge is 2.16. The van der Waals surface area contributed by atoms with Gasteiger partial charge in [0.1, 0.15) is 0 Å². The van der Waals surface area contributed by atoms with Crippen molar-refractivity contribution in [2.24, 2.45) is 0 Å². The predicted octanol–water partition coefficient (Wildman–Crippen LogP) is 4.02. The third kappa shape index (κ3) is 5.33. The van der Waals surface area contributed by atoms with Gasteiger partial charge in [-0.2, -0.15) is 0 Å². The van der Waals surface area contributed by atoms with E-state index < -0.39 is 0 Å². The van der Waals surface area contributed by atoms with Gasteiger partial charge in [0.15, 0.2) is 0 Å². The van der Waals surface area contributed by atoms with Crippen LogP contribution in [0.3, 0.4) is 0 Å². The van der Waals surface area contributed by atoms with Crippen molar-refractivity contribution in [3.63, 3.8) is 0 Å². The van der Waals surface area contributed by atoms with Crippen molar-refractivity contribution in [2.75, 3.05) is 11.4 Å². The lowest BCUT2D eigenvalue weighted by Crippen LogP contribution is -2.34. The van der Waals surface area contributed by atoms with E-state index in [1.807, 2.05) is 44.2 Å².